The van der Waals surface area contributed by atoms with Crippen molar-refractivity contribution >= 4 is 0 Å². The molecule has 2 aliphatic rings. The second-order valence-electron chi connectivity index (χ2n) is 6.36. The highest BCUT2D eigenvalue weighted by Crippen LogP contribution is 2.39. The van der Waals surface area contributed by atoms with Crippen molar-refractivity contribution in [3.63, 3.8) is 0 Å². The highest BCUT2D eigenvalue weighted by molar-refractivity contribution is 4.90. The third-order valence-corrected chi connectivity index (χ3v) is 4.50. The Morgan fingerprint density at radius 1 is 1.18 bits per heavy atom. The van der Waals surface area contributed by atoms with Gasteiger partial charge in [-0.25, -0.2) is 0 Å². The van der Waals surface area contributed by atoms with Crippen LogP contribution in [0.1, 0.15) is 65.2 Å². The fraction of sp³-hybridized carbons (Fsp3) is 1.00. The normalized spacial score (nSPS) is 24.2. The Balaban J connectivity index is 1.66. The molecule has 1 N–H and O–H groups in total. The van der Waals surface area contributed by atoms with Crippen LogP contribution >= 0.6 is 0 Å². The lowest BCUT2D eigenvalue weighted by Crippen LogP contribution is -2.44. The van der Waals surface area contributed by atoms with Crippen molar-refractivity contribution in [3.05, 3.63) is 0 Å². The van der Waals surface area contributed by atoms with E-state index in [0.717, 1.165) is 19.1 Å². The van der Waals surface area contributed by atoms with Crippen molar-refractivity contribution in [2.75, 3.05) is 13.2 Å². The average molecular weight is 239 g/mol. The molecule has 0 aromatic carbocycles. The van der Waals surface area contributed by atoms with E-state index in [1.165, 1.54) is 51.4 Å². The molecule has 0 unspecified atom stereocenters. The van der Waals surface area contributed by atoms with Crippen molar-refractivity contribution in [1.82, 2.24) is 5.32 Å². The summed E-state index contributed by atoms with van der Waals surface area (Å²) in [6, 6.07) is 0.599. The van der Waals surface area contributed by atoms with E-state index in [1.54, 1.807) is 0 Å². The predicted octanol–water partition coefficient (Wildman–Crippen LogP) is 3.50. The van der Waals surface area contributed by atoms with Crippen LogP contribution in [0.2, 0.25) is 0 Å². The summed E-state index contributed by atoms with van der Waals surface area (Å²) in [5.41, 5.74) is 0.254. The summed E-state index contributed by atoms with van der Waals surface area (Å²) in [5, 5.41) is 3.52. The molecular formula is C15H29NO. The lowest BCUT2D eigenvalue weighted by atomic mass is 9.77. The molecule has 2 rings (SSSR count). The molecule has 0 atom stereocenters. The van der Waals surface area contributed by atoms with Crippen molar-refractivity contribution in [2.45, 2.75) is 76.9 Å². The fourth-order valence-corrected chi connectivity index (χ4v) is 3.10. The largest absolute Gasteiger partial charge is 0.375 e. The maximum Gasteiger partial charge on any atom is 0.0694 e. The molecule has 2 saturated carbocycles. The van der Waals surface area contributed by atoms with Gasteiger partial charge in [0.15, 0.2) is 0 Å². The summed E-state index contributed by atoms with van der Waals surface area (Å²) in [5.74, 6) is 0.866. The Morgan fingerprint density at radius 3 is 2.41 bits per heavy atom. The number of hydrogen-bond acceptors (Lipinski definition) is 2. The topological polar surface area (TPSA) is 21.3 Å². The van der Waals surface area contributed by atoms with Gasteiger partial charge in [0.05, 0.1) is 12.2 Å². The Hall–Kier alpha value is -0.0800. The third-order valence-electron chi connectivity index (χ3n) is 4.50. The van der Waals surface area contributed by atoms with Crippen LogP contribution in [0.3, 0.4) is 0 Å². The molecule has 2 heteroatoms. The van der Waals surface area contributed by atoms with Gasteiger partial charge in [-0.3, -0.25) is 0 Å². The number of nitrogens with one attached hydrogen (secondary N) is 1. The van der Waals surface area contributed by atoms with E-state index in [0.29, 0.717) is 6.04 Å². The fourth-order valence-electron chi connectivity index (χ4n) is 3.10. The van der Waals surface area contributed by atoms with Gasteiger partial charge < -0.3 is 10.1 Å². The zero-order valence-corrected chi connectivity index (χ0v) is 11.6. The molecule has 100 valence electrons. The Bertz CT molecular complexity index is 217. The van der Waals surface area contributed by atoms with Gasteiger partial charge in [0.25, 0.3) is 0 Å². The molecule has 0 aliphatic heterocycles. The molecule has 17 heavy (non-hydrogen) atoms. The molecule has 2 aliphatic carbocycles. The standard InChI is InChI=1S/C15H29NO/c1-13(2)16-11-10-15(8-5-9-15)17-12-14-6-3-4-7-14/h13-14,16H,3-12H2,1-2H3. The number of rotatable bonds is 7. The van der Waals surface area contributed by atoms with Crippen LogP contribution in [0, 0.1) is 5.92 Å². The van der Waals surface area contributed by atoms with Gasteiger partial charge in [-0.15, -0.1) is 0 Å². The van der Waals surface area contributed by atoms with Gasteiger partial charge in [-0.05, 0) is 51.0 Å². The molecule has 2 fully saturated rings. The van der Waals surface area contributed by atoms with Crippen LogP contribution in [0.25, 0.3) is 0 Å². The first-order valence-corrected chi connectivity index (χ1v) is 7.58. The van der Waals surface area contributed by atoms with E-state index in [9.17, 15) is 0 Å². The van der Waals surface area contributed by atoms with Crippen molar-refractivity contribution < 1.29 is 4.74 Å². The quantitative estimate of drug-likeness (QED) is 0.734. The first-order valence-electron chi connectivity index (χ1n) is 7.58. The first-order chi connectivity index (χ1) is 8.20. The minimum Gasteiger partial charge on any atom is -0.375 e. The molecule has 0 radical (unpaired) electrons. The van der Waals surface area contributed by atoms with Crippen LogP contribution in [0.15, 0.2) is 0 Å². The van der Waals surface area contributed by atoms with Crippen molar-refractivity contribution in [2.24, 2.45) is 5.92 Å². The van der Waals surface area contributed by atoms with Crippen molar-refractivity contribution in [1.29, 1.82) is 0 Å². The first kappa shape index (κ1) is 13.4. The maximum atomic E-state index is 6.29. The molecule has 2 nitrogen and oxygen atoms in total. The van der Waals surface area contributed by atoms with E-state index < -0.39 is 0 Å². The zero-order chi connectivity index (χ0) is 12.1. The summed E-state index contributed by atoms with van der Waals surface area (Å²) in [7, 11) is 0. The minimum atomic E-state index is 0.254. The summed E-state index contributed by atoms with van der Waals surface area (Å²) >= 11 is 0. The Labute approximate surface area is 107 Å². The Kier molecular flexibility index (Phi) is 4.87. The van der Waals surface area contributed by atoms with Crippen LogP contribution in [-0.4, -0.2) is 24.8 Å². The van der Waals surface area contributed by atoms with Gasteiger partial charge in [-0.2, -0.15) is 0 Å². The Morgan fingerprint density at radius 2 is 1.88 bits per heavy atom. The van der Waals surface area contributed by atoms with E-state index in [4.69, 9.17) is 4.74 Å². The van der Waals surface area contributed by atoms with E-state index in [1.807, 2.05) is 0 Å². The zero-order valence-electron chi connectivity index (χ0n) is 11.6. The van der Waals surface area contributed by atoms with Gasteiger partial charge in [0, 0.05) is 6.04 Å². The molecule has 0 saturated heterocycles. The second kappa shape index (κ2) is 6.19. The van der Waals surface area contributed by atoms with Gasteiger partial charge in [-0.1, -0.05) is 26.7 Å². The van der Waals surface area contributed by atoms with E-state index in [2.05, 4.69) is 19.2 Å². The molecule has 0 aromatic rings. The highest BCUT2D eigenvalue weighted by Gasteiger charge is 2.38. The van der Waals surface area contributed by atoms with Crippen LogP contribution in [0.5, 0.6) is 0 Å². The van der Waals surface area contributed by atoms with E-state index >= 15 is 0 Å². The molecule has 0 spiro atoms. The summed E-state index contributed by atoms with van der Waals surface area (Å²) in [6.45, 7) is 6.57. The lowest BCUT2D eigenvalue weighted by Gasteiger charge is -2.42. The third kappa shape index (κ3) is 3.96. The lowest BCUT2D eigenvalue weighted by molar-refractivity contribution is -0.115. The number of ether oxygens (including phenoxy) is 1. The highest BCUT2D eigenvalue weighted by atomic mass is 16.5. The van der Waals surface area contributed by atoms with Gasteiger partial charge >= 0.3 is 0 Å². The maximum absolute atomic E-state index is 6.29. The SMILES string of the molecule is CC(C)NCCC1(OCC2CCCC2)CCC1. The van der Waals surface area contributed by atoms with Crippen LogP contribution < -0.4 is 5.32 Å². The number of hydrogen-bond donors (Lipinski definition) is 1. The average Bonchev–Trinajstić information content (AvgIpc) is 2.73. The van der Waals surface area contributed by atoms with Gasteiger partial charge in [0.1, 0.15) is 0 Å². The summed E-state index contributed by atoms with van der Waals surface area (Å²) in [4.78, 5) is 0. The van der Waals surface area contributed by atoms with Gasteiger partial charge in [0.2, 0.25) is 0 Å². The van der Waals surface area contributed by atoms with Crippen molar-refractivity contribution in [3.8, 4) is 0 Å². The molecular weight excluding hydrogens is 210 g/mol. The smallest absolute Gasteiger partial charge is 0.0694 e. The van der Waals surface area contributed by atoms with Crippen LogP contribution in [0.4, 0.5) is 0 Å². The molecule has 0 bridgehead atoms. The monoisotopic (exact) mass is 239 g/mol. The molecule has 0 amide bonds. The summed E-state index contributed by atoms with van der Waals surface area (Å²) < 4.78 is 6.29. The van der Waals surface area contributed by atoms with E-state index in [-0.39, 0.29) is 5.60 Å². The predicted molar refractivity (Wildman–Crippen MR) is 72.2 cm³/mol. The molecule has 0 aromatic heterocycles. The second-order valence-corrected chi connectivity index (χ2v) is 6.36. The van der Waals surface area contributed by atoms with Crippen LogP contribution in [-0.2, 0) is 4.74 Å². The molecule has 0 heterocycles. The summed E-state index contributed by atoms with van der Waals surface area (Å²) in [6.07, 6.45) is 10.8. The minimum absolute atomic E-state index is 0.254.